The van der Waals surface area contributed by atoms with Crippen molar-refractivity contribution in [1.82, 2.24) is 9.88 Å². The van der Waals surface area contributed by atoms with Gasteiger partial charge in [0.2, 0.25) is 0 Å². The smallest absolute Gasteiger partial charge is 0.179 e. The standard InChI is InChI=1S/C22H31N7O5S/c1-16-19(15-23)21(24-7-11-30)26-22(25-8-12-31)20(16)28-27-17-3-5-18(6-4-17)35(33,34)14-10-29(2)9-13-32/h3-6,30-32H,7-14H2,1-2H3,(H2,24,25,26)/b28-27+. The maximum atomic E-state index is 12.6. The lowest BCUT2D eigenvalue weighted by molar-refractivity contribution is 0.227. The van der Waals surface area contributed by atoms with Gasteiger partial charge in [0.1, 0.15) is 17.6 Å². The quantitative estimate of drug-likeness (QED) is 0.234. The van der Waals surface area contributed by atoms with E-state index in [1.165, 1.54) is 24.3 Å². The highest BCUT2D eigenvalue weighted by atomic mass is 32.2. The molecule has 12 nitrogen and oxygen atoms in total. The number of nitrogens with zero attached hydrogens (tertiary/aromatic N) is 5. The molecule has 190 valence electrons. The van der Waals surface area contributed by atoms with Crippen LogP contribution in [0.25, 0.3) is 0 Å². The molecule has 0 aliphatic rings. The van der Waals surface area contributed by atoms with Crippen molar-refractivity contribution >= 4 is 32.8 Å². The van der Waals surface area contributed by atoms with E-state index < -0.39 is 9.84 Å². The first kappa shape index (κ1) is 28.1. The Morgan fingerprint density at radius 3 is 2.20 bits per heavy atom. The Balaban J connectivity index is 2.30. The number of rotatable bonds is 14. The van der Waals surface area contributed by atoms with Crippen LogP contribution in [0, 0.1) is 18.3 Å². The van der Waals surface area contributed by atoms with Gasteiger partial charge in [0.25, 0.3) is 0 Å². The Morgan fingerprint density at radius 2 is 1.63 bits per heavy atom. The molecule has 0 atom stereocenters. The second-order valence-corrected chi connectivity index (χ2v) is 9.72. The van der Waals surface area contributed by atoms with Crippen LogP contribution in [-0.2, 0) is 9.84 Å². The molecule has 0 saturated heterocycles. The first-order valence-corrected chi connectivity index (χ1v) is 12.6. The van der Waals surface area contributed by atoms with Crippen molar-refractivity contribution < 1.29 is 23.7 Å². The molecule has 1 heterocycles. The number of anilines is 2. The Labute approximate surface area is 204 Å². The van der Waals surface area contributed by atoms with Gasteiger partial charge in [-0.25, -0.2) is 13.4 Å². The highest BCUT2D eigenvalue weighted by Crippen LogP contribution is 2.34. The number of sulfone groups is 1. The van der Waals surface area contributed by atoms with Gasteiger partial charge in [-0.2, -0.15) is 10.4 Å². The van der Waals surface area contributed by atoms with Gasteiger partial charge >= 0.3 is 0 Å². The number of pyridine rings is 1. The van der Waals surface area contributed by atoms with E-state index in [1.54, 1.807) is 18.9 Å². The fourth-order valence-corrected chi connectivity index (χ4v) is 4.40. The predicted octanol–water partition coefficient (Wildman–Crippen LogP) is 1.18. The number of benzene rings is 1. The number of azo groups is 1. The summed E-state index contributed by atoms with van der Waals surface area (Å²) in [5, 5.41) is 51.0. The largest absolute Gasteiger partial charge is 0.395 e. The van der Waals surface area contributed by atoms with Crippen LogP contribution in [0.1, 0.15) is 11.1 Å². The van der Waals surface area contributed by atoms with Gasteiger partial charge in [0, 0.05) is 31.7 Å². The molecule has 0 radical (unpaired) electrons. The number of likely N-dealkylation sites (N-methyl/N-ethyl adjacent to an activating group) is 1. The van der Waals surface area contributed by atoms with Crippen LogP contribution in [0.5, 0.6) is 0 Å². The van der Waals surface area contributed by atoms with E-state index in [1.807, 2.05) is 0 Å². The van der Waals surface area contributed by atoms with E-state index in [9.17, 15) is 18.8 Å². The molecule has 13 heteroatoms. The highest BCUT2D eigenvalue weighted by Gasteiger charge is 2.18. The molecule has 2 aromatic rings. The van der Waals surface area contributed by atoms with Crippen molar-refractivity contribution in [3.8, 4) is 6.07 Å². The maximum absolute atomic E-state index is 12.6. The van der Waals surface area contributed by atoms with Crippen molar-refractivity contribution in [1.29, 1.82) is 5.26 Å². The summed E-state index contributed by atoms with van der Waals surface area (Å²) < 4.78 is 25.1. The molecule has 1 aromatic heterocycles. The average Bonchev–Trinajstić information content (AvgIpc) is 2.85. The first-order chi connectivity index (χ1) is 16.8. The Kier molecular flexibility index (Phi) is 11.0. The summed E-state index contributed by atoms with van der Waals surface area (Å²) in [6.07, 6.45) is 0. The summed E-state index contributed by atoms with van der Waals surface area (Å²) in [6, 6.07) is 8.04. The van der Waals surface area contributed by atoms with Crippen molar-refractivity contribution in [2.24, 2.45) is 10.2 Å². The minimum absolute atomic E-state index is 0.0414. The van der Waals surface area contributed by atoms with E-state index >= 15 is 0 Å². The lowest BCUT2D eigenvalue weighted by atomic mass is 10.1. The zero-order valence-electron chi connectivity index (χ0n) is 19.8. The molecule has 1 aromatic carbocycles. The molecular formula is C22H31N7O5S. The summed E-state index contributed by atoms with van der Waals surface area (Å²) in [5.41, 5.74) is 1.44. The van der Waals surface area contributed by atoms with Crippen LogP contribution in [0.15, 0.2) is 39.4 Å². The summed E-state index contributed by atoms with van der Waals surface area (Å²) in [4.78, 5) is 6.26. The molecule has 0 saturated carbocycles. The number of aromatic nitrogens is 1. The van der Waals surface area contributed by atoms with Crippen LogP contribution < -0.4 is 10.6 Å². The van der Waals surface area contributed by atoms with Crippen molar-refractivity contribution in [2.75, 3.05) is 69.4 Å². The summed E-state index contributed by atoms with van der Waals surface area (Å²) in [7, 11) is -1.76. The molecule has 0 spiro atoms. The summed E-state index contributed by atoms with van der Waals surface area (Å²) >= 11 is 0. The van der Waals surface area contributed by atoms with E-state index in [4.69, 9.17) is 10.2 Å². The molecule has 0 aliphatic carbocycles. The van der Waals surface area contributed by atoms with Crippen LogP contribution >= 0.6 is 0 Å². The van der Waals surface area contributed by atoms with E-state index in [2.05, 4.69) is 31.9 Å². The monoisotopic (exact) mass is 505 g/mol. The minimum Gasteiger partial charge on any atom is -0.395 e. The molecule has 0 amide bonds. The number of hydrogen-bond acceptors (Lipinski definition) is 12. The lowest BCUT2D eigenvalue weighted by Crippen LogP contribution is -2.28. The third-order valence-electron chi connectivity index (χ3n) is 5.02. The minimum atomic E-state index is -3.50. The zero-order chi connectivity index (χ0) is 25.8. The second-order valence-electron chi connectivity index (χ2n) is 7.61. The molecule has 0 unspecified atom stereocenters. The SMILES string of the molecule is Cc1c(C#N)c(NCCO)nc(NCCO)c1/N=N/c1ccc(S(=O)(=O)CCN(C)CCO)cc1. The van der Waals surface area contributed by atoms with Crippen molar-refractivity contribution in [3.05, 3.63) is 35.4 Å². The topological polar surface area (TPSA) is 184 Å². The molecule has 0 aliphatic heterocycles. The van der Waals surface area contributed by atoms with Crippen LogP contribution in [0.2, 0.25) is 0 Å². The third kappa shape index (κ3) is 7.94. The second kappa shape index (κ2) is 13.7. The average molecular weight is 506 g/mol. The van der Waals surface area contributed by atoms with Crippen LogP contribution in [0.3, 0.4) is 0 Å². The van der Waals surface area contributed by atoms with E-state index in [0.29, 0.717) is 35.8 Å². The number of nitriles is 1. The van der Waals surface area contributed by atoms with E-state index in [-0.39, 0.29) is 54.9 Å². The highest BCUT2D eigenvalue weighted by molar-refractivity contribution is 7.91. The van der Waals surface area contributed by atoms with Crippen LogP contribution in [-0.4, -0.2) is 92.4 Å². The Bertz CT molecular complexity index is 1150. The zero-order valence-corrected chi connectivity index (χ0v) is 20.6. The van der Waals surface area contributed by atoms with E-state index in [0.717, 1.165) is 0 Å². The van der Waals surface area contributed by atoms with Gasteiger partial charge in [0.05, 0.1) is 41.7 Å². The first-order valence-electron chi connectivity index (χ1n) is 11.0. The van der Waals surface area contributed by atoms with Gasteiger partial charge in [-0.3, -0.25) is 0 Å². The third-order valence-corrected chi connectivity index (χ3v) is 6.73. The lowest BCUT2D eigenvalue weighted by Gasteiger charge is -2.15. The number of aliphatic hydroxyl groups is 3. The van der Waals surface area contributed by atoms with Crippen LogP contribution in [0.4, 0.5) is 23.0 Å². The summed E-state index contributed by atoms with van der Waals surface area (Å²) in [6.45, 7) is 2.44. The van der Waals surface area contributed by atoms with Gasteiger partial charge in [0.15, 0.2) is 15.7 Å². The molecule has 35 heavy (non-hydrogen) atoms. The maximum Gasteiger partial charge on any atom is 0.179 e. The number of nitrogens with one attached hydrogen (secondary N) is 2. The fourth-order valence-electron chi connectivity index (χ4n) is 3.06. The molecular weight excluding hydrogens is 474 g/mol. The van der Waals surface area contributed by atoms with Crippen molar-refractivity contribution in [2.45, 2.75) is 11.8 Å². The number of aliphatic hydroxyl groups excluding tert-OH is 3. The molecule has 5 N–H and O–H groups in total. The van der Waals surface area contributed by atoms with Gasteiger partial charge in [-0.15, -0.1) is 5.11 Å². The molecule has 0 fully saturated rings. The number of hydrogen-bond donors (Lipinski definition) is 5. The van der Waals surface area contributed by atoms with Gasteiger partial charge < -0.3 is 30.9 Å². The predicted molar refractivity (Wildman–Crippen MR) is 132 cm³/mol. The molecule has 2 rings (SSSR count). The normalized spacial score (nSPS) is 11.7. The molecule has 0 bridgehead atoms. The summed E-state index contributed by atoms with van der Waals surface area (Å²) in [5.74, 6) is 0.492. The van der Waals surface area contributed by atoms with Gasteiger partial charge in [-0.05, 0) is 38.2 Å². The Morgan fingerprint density at radius 1 is 1.00 bits per heavy atom. The van der Waals surface area contributed by atoms with Crippen molar-refractivity contribution in [3.63, 3.8) is 0 Å². The fraction of sp³-hybridized carbons (Fsp3) is 0.455. The Hall–Kier alpha value is -3.15. The van der Waals surface area contributed by atoms with Gasteiger partial charge in [-0.1, -0.05) is 0 Å².